The first-order chi connectivity index (χ1) is 9.61. The second kappa shape index (κ2) is 5.58. The van der Waals surface area contributed by atoms with Crippen molar-refractivity contribution in [2.45, 2.75) is 0 Å². The van der Waals surface area contributed by atoms with Gasteiger partial charge in [0.1, 0.15) is 5.56 Å². The molecule has 0 aliphatic heterocycles. The van der Waals surface area contributed by atoms with Crippen molar-refractivity contribution in [1.82, 2.24) is 4.98 Å². The highest BCUT2D eigenvalue weighted by Crippen LogP contribution is 2.21. The molecule has 98 valence electrons. The van der Waals surface area contributed by atoms with Gasteiger partial charge in [-0.25, -0.2) is 0 Å². The average molecular weight is 268 g/mol. The highest BCUT2D eigenvalue weighted by Gasteiger charge is 2.20. The van der Waals surface area contributed by atoms with Crippen molar-refractivity contribution in [3.8, 4) is 6.07 Å². The van der Waals surface area contributed by atoms with Gasteiger partial charge in [-0.3, -0.25) is 19.9 Å². The number of nitriles is 1. The minimum atomic E-state index is -0.667. The number of anilines is 1. The number of amides is 1. The maximum Gasteiger partial charge on any atom is 0.282 e. The van der Waals surface area contributed by atoms with E-state index in [4.69, 9.17) is 5.26 Å². The van der Waals surface area contributed by atoms with Crippen LogP contribution in [0.15, 0.2) is 42.7 Å². The number of rotatable bonds is 3. The number of hydrogen-bond donors (Lipinski definition) is 1. The van der Waals surface area contributed by atoms with Crippen molar-refractivity contribution in [1.29, 1.82) is 5.26 Å². The normalized spacial score (nSPS) is 9.55. The number of benzene rings is 1. The van der Waals surface area contributed by atoms with Gasteiger partial charge in [0, 0.05) is 12.3 Å². The number of nitro groups is 1. The number of carbonyl (C=O) groups excluding carboxylic acids is 1. The Balaban J connectivity index is 2.38. The van der Waals surface area contributed by atoms with E-state index in [9.17, 15) is 14.9 Å². The lowest BCUT2D eigenvalue weighted by Gasteiger charge is -2.05. The zero-order valence-corrected chi connectivity index (χ0v) is 10.1. The van der Waals surface area contributed by atoms with Crippen LogP contribution < -0.4 is 5.32 Å². The quantitative estimate of drug-likeness (QED) is 0.677. The predicted octanol–water partition coefficient (Wildman–Crippen LogP) is 2.11. The third-order valence-electron chi connectivity index (χ3n) is 2.49. The van der Waals surface area contributed by atoms with Gasteiger partial charge in [0.25, 0.3) is 11.6 Å². The topological polar surface area (TPSA) is 109 Å². The summed E-state index contributed by atoms with van der Waals surface area (Å²) in [5.41, 5.74) is 0.0596. The molecule has 1 N–H and O–H groups in total. The lowest BCUT2D eigenvalue weighted by Crippen LogP contribution is -2.14. The lowest BCUT2D eigenvalue weighted by atomic mass is 10.1. The van der Waals surface area contributed by atoms with Gasteiger partial charge >= 0.3 is 0 Å². The molecule has 0 fully saturated rings. The second-order valence-corrected chi connectivity index (χ2v) is 3.80. The fourth-order valence-electron chi connectivity index (χ4n) is 1.58. The molecule has 0 spiro atoms. The average Bonchev–Trinajstić information content (AvgIpc) is 2.47. The number of nitrogens with one attached hydrogen (secondary N) is 1. The van der Waals surface area contributed by atoms with Crippen LogP contribution in [0.4, 0.5) is 11.4 Å². The van der Waals surface area contributed by atoms with Crippen LogP contribution in [0.2, 0.25) is 0 Å². The van der Waals surface area contributed by atoms with Crippen LogP contribution in [-0.2, 0) is 0 Å². The van der Waals surface area contributed by atoms with Gasteiger partial charge in [-0.15, -0.1) is 0 Å². The summed E-state index contributed by atoms with van der Waals surface area (Å²) < 4.78 is 0. The minimum Gasteiger partial charge on any atom is -0.320 e. The Bertz CT molecular complexity index is 707. The lowest BCUT2D eigenvalue weighted by molar-refractivity contribution is -0.385. The van der Waals surface area contributed by atoms with Crippen LogP contribution in [0.25, 0.3) is 0 Å². The molecule has 0 saturated carbocycles. The second-order valence-electron chi connectivity index (χ2n) is 3.80. The number of nitrogens with zero attached hydrogens (tertiary/aromatic N) is 3. The monoisotopic (exact) mass is 268 g/mol. The smallest absolute Gasteiger partial charge is 0.282 e. The first kappa shape index (κ1) is 13.2. The molecule has 20 heavy (non-hydrogen) atoms. The maximum absolute atomic E-state index is 12.1. The molecular weight excluding hydrogens is 260 g/mol. The third-order valence-corrected chi connectivity index (χ3v) is 2.49. The standard InChI is InChI=1S/C13H8N4O3/c14-7-9-3-4-12(17(19)20)11(6-9)13(18)16-10-2-1-5-15-8-10/h1-6,8H,(H,16,18). The van der Waals surface area contributed by atoms with Gasteiger partial charge in [0.05, 0.1) is 28.4 Å². The molecule has 1 aromatic carbocycles. The van der Waals surface area contributed by atoms with Crippen LogP contribution in [-0.4, -0.2) is 15.8 Å². The van der Waals surface area contributed by atoms with E-state index in [0.717, 1.165) is 6.07 Å². The van der Waals surface area contributed by atoms with Crippen molar-refractivity contribution in [3.63, 3.8) is 0 Å². The highest BCUT2D eigenvalue weighted by molar-refractivity contribution is 6.07. The zero-order valence-electron chi connectivity index (χ0n) is 10.1. The van der Waals surface area contributed by atoms with E-state index in [1.165, 1.54) is 24.5 Å². The molecule has 0 unspecified atom stereocenters. The summed E-state index contributed by atoms with van der Waals surface area (Å²) in [5, 5.41) is 22.2. The van der Waals surface area contributed by atoms with Gasteiger partial charge < -0.3 is 5.32 Å². The van der Waals surface area contributed by atoms with E-state index in [1.807, 2.05) is 6.07 Å². The van der Waals surface area contributed by atoms with E-state index in [2.05, 4.69) is 10.3 Å². The number of aromatic nitrogens is 1. The zero-order chi connectivity index (χ0) is 14.5. The van der Waals surface area contributed by atoms with Gasteiger partial charge in [0.15, 0.2) is 0 Å². The minimum absolute atomic E-state index is 0.169. The van der Waals surface area contributed by atoms with Crippen molar-refractivity contribution in [3.05, 3.63) is 64.0 Å². The predicted molar refractivity (Wildman–Crippen MR) is 70.0 cm³/mol. The van der Waals surface area contributed by atoms with Gasteiger partial charge in [-0.2, -0.15) is 5.26 Å². The summed E-state index contributed by atoms with van der Waals surface area (Å²) in [4.78, 5) is 26.1. The van der Waals surface area contributed by atoms with Gasteiger partial charge in [-0.05, 0) is 24.3 Å². The largest absolute Gasteiger partial charge is 0.320 e. The number of hydrogen-bond acceptors (Lipinski definition) is 5. The van der Waals surface area contributed by atoms with Crippen molar-refractivity contribution in [2.24, 2.45) is 0 Å². The van der Waals surface area contributed by atoms with E-state index in [-0.39, 0.29) is 16.8 Å². The van der Waals surface area contributed by atoms with Crippen LogP contribution in [0.1, 0.15) is 15.9 Å². The third kappa shape index (κ3) is 2.76. The van der Waals surface area contributed by atoms with E-state index in [0.29, 0.717) is 5.69 Å². The van der Waals surface area contributed by atoms with Crippen LogP contribution in [0, 0.1) is 21.4 Å². The van der Waals surface area contributed by atoms with Gasteiger partial charge in [-0.1, -0.05) is 0 Å². The maximum atomic E-state index is 12.1. The van der Waals surface area contributed by atoms with Gasteiger partial charge in [0.2, 0.25) is 0 Å². The summed E-state index contributed by atoms with van der Waals surface area (Å²) in [5.74, 6) is -0.665. The van der Waals surface area contributed by atoms with Crippen molar-refractivity contribution < 1.29 is 9.72 Å². The SMILES string of the molecule is N#Cc1ccc([N+](=O)[O-])c(C(=O)Nc2cccnc2)c1. The van der Waals surface area contributed by atoms with Crippen LogP contribution >= 0.6 is 0 Å². The summed E-state index contributed by atoms with van der Waals surface area (Å²) in [7, 11) is 0. The van der Waals surface area contributed by atoms with Crippen LogP contribution in [0.5, 0.6) is 0 Å². The molecule has 0 aliphatic rings. The molecule has 1 amide bonds. The first-order valence-corrected chi connectivity index (χ1v) is 5.51. The summed E-state index contributed by atoms with van der Waals surface area (Å²) in [6.45, 7) is 0. The Labute approximate surface area is 113 Å². The Morgan fingerprint density at radius 1 is 1.40 bits per heavy atom. The van der Waals surface area contributed by atoms with E-state index >= 15 is 0 Å². The van der Waals surface area contributed by atoms with Crippen molar-refractivity contribution in [2.75, 3.05) is 5.32 Å². The number of carbonyl (C=O) groups is 1. The molecule has 2 aromatic rings. The molecule has 0 saturated heterocycles. The Morgan fingerprint density at radius 2 is 2.20 bits per heavy atom. The summed E-state index contributed by atoms with van der Waals surface area (Å²) in [6, 6.07) is 8.67. The van der Waals surface area contributed by atoms with Crippen LogP contribution in [0.3, 0.4) is 0 Å². The molecule has 0 atom stereocenters. The Hall–Kier alpha value is -3.27. The first-order valence-electron chi connectivity index (χ1n) is 5.51. The van der Waals surface area contributed by atoms with E-state index in [1.54, 1.807) is 12.1 Å². The molecule has 7 heteroatoms. The highest BCUT2D eigenvalue weighted by atomic mass is 16.6. The summed E-state index contributed by atoms with van der Waals surface area (Å²) in [6.07, 6.45) is 2.95. The number of pyridine rings is 1. The molecular formula is C13H8N4O3. The number of nitro benzene ring substituents is 1. The fraction of sp³-hybridized carbons (Fsp3) is 0. The molecule has 0 aliphatic carbocycles. The van der Waals surface area contributed by atoms with Crippen molar-refractivity contribution >= 4 is 17.3 Å². The Morgan fingerprint density at radius 3 is 2.80 bits per heavy atom. The molecule has 0 radical (unpaired) electrons. The molecule has 0 bridgehead atoms. The van der Waals surface area contributed by atoms with E-state index < -0.39 is 10.8 Å². The molecule has 1 heterocycles. The fourth-order valence-corrected chi connectivity index (χ4v) is 1.58. The molecule has 2 rings (SSSR count). The Kier molecular flexibility index (Phi) is 3.67. The molecule has 1 aromatic heterocycles. The molecule has 7 nitrogen and oxygen atoms in total. The summed E-state index contributed by atoms with van der Waals surface area (Å²) >= 11 is 0.